The number of nitrogens with one attached hydrogen (secondary N) is 1. The second-order valence-electron chi connectivity index (χ2n) is 7.71. The molecule has 29 heavy (non-hydrogen) atoms. The van der Waals surface area contributed by atoms with Crippen LogP contribution in [0.3, 0.4) is 0 Å². The first-order valence-electron chi connectivity index (χ1n) is 9.39. The number of aliphatic hydroxyl groups is 2. The standard InChI is InChI=1S/C20H23ClF2N2O4/c1-12(10-26)25-9-4-13-14(18(25)28)2-3-15(21)16(13)17(27)24-11-19(29)5-7-20(22,23)8-6-19/h2-4,9,12,26,29H,5-8,10-11H2,1H3,(H,24,27)/t12-/m1/s1. The number of fused-ring (bicyclic) bond motifs is 1. The van der Waals surface area contributed by atoms with Crippen molar-refractivity contribution in [3.05, 3.63) is 45.3 Å². The van der Waals surface area contributed by atoms with Crippen molar-refractivity contribution in [3.8, 4) is 0 Å². The van der Waals surface area contributed by atoms with Crippen LogP contribution in [0.2, 0.25) is 5.02 Å². The fourth-order valence-corrected chi connectivity index (χ4v) is 3.82. The molecular weight excluding hydrogens is 406 g/mol. The van der Waals surface area contributed by atoms with E-state index in [0.29, 0.717) is 5.39 Å². The zero-order valence-corrected chi connectivity index (χ0v) is 16.7. The summed E-state index contributed by atoms with van der Waals surface area (Å²) in [7, 11) is 0. The number of rotatable bonds is 5. The minimum atomic E-state index is -2.79. The molecule has 6 nitrogen and oxygen atoms in total. The summed E-state index contributed by atoms with van der Waals surface area (Å²) < 4.78 is 28.0. The van der Waals surface area contributed by atoms with Gasteiger partial charge in [-0.25, -0.2) is 8.78 Å². The molecule has 1 atom stereocenters. The van der Waals surface area contributed by atoms with Crippen molar-refractivity contribution >= 4 is 28.3 Å². The molecule has 9 heteroatoms. The lowest BCUT2D eigenvalue weighted by Crippen LogP contribution is -2.47. The van der Waals surface area contributed by atoms with Crippen molar-refractivity contribution in [1.29, 1.82) is 0 Å². The number of amides is 1. The number of benzene rings is 1. The molecule has 1 aliphatic rings. The maximum Gasteiger partial charge on any atom is 0.258 e. The third-order valence-corrected chi connectivity index (χ3v) is 5.83. The van der Waals surface area contributed by atoms with Crippen LogP contribution in [-0.2, 0) is 0 Å². The molecule has 0 saturated heterocycles. The van der Waals surface area contributed by atoms with Crippen LogP contribution in [0, 0.1) is 0 Å². The number of hydrogen-bond acceptors (Lipinski definition) is 4. The van der Waals surface area contributed by atoms with E-state index in [4.69, 9.17) is 11.6 Å². The van der Waals surface area contributed by atoms with Gasteiger partial charge in [-0.2, -0.15) is 0 Å². The third-order valence-electron chi connectivity index (χ3n) is 5.52. The number of carbonyl (C=O) groups excluding carboxylic acids is 1. The molecule has 1 aromatic heterocycles. The number of aliphatic hydroxyl groups excluding tert-OH is 1. The Morgan fingerprint density at radius 3 is 2.52 bits per heavy atom. The van der Waals surface area contributed by atoms with Gasteiger partial charge in [0.15, 0.2) is 0 Å². The Balaban J connectivity index is 1.87. The second kappa shape index (κ2) is 8.01. The van der Waals surface area contributed by atoms with Gasteiger partial charge in [0.05, 0.1) is 28.8 Å². The topological polar surface area (TPSA) is 91.6 Å². The third kappa shape index (κ3) is 4.44. The minimum Gasteiger partial charge on any atom is -0.394 e. The van der Waals surface area contributed by atoms with Gasteiger partial charge in [0.25, 0.3) is 11.5 Å². The zero-order valence-electron chi connectivity index (χ0n) is 15.9. The zero-order chi connectivity index (χ0) is 21.4. The Kier molecular flexibility index (Phi) is 5.98. The van der Waals surface area contributed by atoms with E-state index in [0.717, 1.165) is 0 Å². The highest BCUT2D eigenvalue weighted by atomic mass is 35.5. The predicted molar refractivity (Wildman–Crippen MR) is 106 cm³/mol. The highest BCUT2D eigenvalue weighted by Crippen LogP contribution is 2.38. The Hall–Kier alpha value is -2.03. The summed E-state index contributed by atoms with van der Waals surface area (Å²) in [4.78, 5) is 25.5. The quantitative estimate of drug-likeness (QED) is 0.683. The molecule has 0 bridgehead atoms. The molecule has 1 aliphatic carbocycles. The van der Waals surface area contributed by atoms with Crippen molar-refractivity contribution in [3.63, 3.8) is 0 Å². The molecule has 0 unspecified atom stereocenters. The molecule has 1 aromatic carbocycles. The number of carbonyl (C=O) groups is 1. The van der Waals surface area contributed by atoms with Crippen LogP contribution in [0.1, 0.15) is 49.0 Å². The maximum atomic E-state index is 13.3. The Labute approximate surface area is 171 Å². The Morgan fingerprint density at radius 1 is 1.24 bits per heavy atom. The fraction of sp³-hybridized carbons (Fsp3) is 0.500. The lowest BCUT2D eigenvalue weighted by molar-refractivity contribution is -0.101. The van der Waals surface area contributed by atoms with Gasteiger partial charge in [-0.3, -0.25) is 9.59 Å². The maximum absolute atomic E-state index is 13.3. The number of aromatic nitrogens is 1. The van der Waals surface area contributed by atoms with E-state index >= 15 is 0 Å². The van der Waals surface area contributed by atoms with Crippen LogP contribution in [0.4, 0.5) is 8.78 Å². The summed E-state index contributed by atoms with van der Waals surface area (Å²) in [5, 5.41) is 23.1. The summed E-state index contributed by atoms with van der Waals surface area (Å²) in [6.45, 7) is 1.28. The van der Waals surface area contributed by atoms with Crippen LogP contribution in [0.15, 0.2) is 29.2 Å². The van der Waals surface area contributed by atoms with E-state index in [2.05, 4.69) is 5.32 Å². The van der Waals surface area contributed by atoms with E-state index in [1.807, 2.05) is 0 Å². The molecule has 0 radical (unpaired) electrons. The number of nitrogens with zero attached hydrogens (tertiary/aromatic N) is 1. The lowest BCUT2D eigenvalue weighted by atomic mass is 9.82. The van der Waals surface area contributed by atoms with E-state index in [-0.39, 0.29) is 47.5 Å². The van der Waals surface area contributed by atoms with Gasteiger partial charge in [0.2, 0.25) is 5.92 Å². The van der Waals surface area contributed by atoms with Crippen molar-refractivity contribution in [2.75, 3.05) is 13.2 Å². The molecule has 0 spiro atoms. The molecule has 0 aliphatic heterocycles. The van der Waals surface area contributed by atoms with Crippen molar-refractivity contribution < 1.29 is 23.8 Å². The number of pyridine rings is 1. The molecule has 1 heterocycles. The van der Waals surface area contributed by atoms with E-state index < -0.39 is 36.3 Å². The predicted octanol–water partition coefficient (Wildman–Crippen LogP) is 2.88. The SMILES string of the molecule is C[C@H](CO)n1ccc2c(C(=O)NCC3(O)CCC(F)(F)CC3)c(Cl)ccc2c1=O. The molecule has 1 fully saturated rings. The minimum absolute atomic E-state index is 0.0785. The van der Waals surface area contributed by atoms with Gasteiger partial charge in [-0.15, -0.1) is 0 Å². The van der Waals surface area contributed by atoms with Crippen LogP contribution < -0.4 is 10.9 Å². The summed E-state index contributed by atoms with van der Waals surface area (Å²) in [6, 6.07) is 4.08. The molecule has 3 rings (SSSR count). The molecule has 2 aromatic rings. The Bertz CT molecular complexity index is 982. The summed E-state index contributed by atoms with van der Waals surface area (Å²) >= 11 is 6.20. The first-order valence-corrected chi connectivity index (χ1v) is 9.77. The first kappa shape index (κ1) is 21.7. The van der Waals surface area contributed by atoms with E-state index in [1.54, 1.807) is 13.0 Å². The Morgan fingerprint density at radius 2 is 1.90 bits per heavy atom. The number of alkyl halides is 2. The monoisotopic (exact) mass is 428 g/mol. The van der Waals surface area contributed by atoms with Gasteiger partial charge in [-0.1, -0.05) is 11.6 Å². The lowest BCUT2D eigenvalue weighted by Gasteiger charge is -2.35. The highest BCUT2D eigenvalue weighted by Gasteiger charge is 2.42. The van der Waals surface area contributed by atoms with E-state index in [9.17, 15) is 28.6 Å². The summed E-state index contributed by atoms with van der Waals surface area (Å²) in [5.41, 5.74) is -1.70. The smallest absolute Gasteiger partial charge is 0.258 e. The average Bonchev–Trinajstić information content (AvgIpc) is 2.68. The second-order valence-corrected chi connectivity index (χ2v) is 8.11. The van der Waals surface area contributed by atoms with Crippen molar-refractivity contribution in [2.45, 2.75) is 50.2 Å². The van der Waals surface area contributed by atoms with Crippen LogP contribution in [-0.4, -0.2) is 45.4 Å². The van der Waals surface area contributed by atoms with Gasteiger partial charge >= 0.3 is 0 Å². The van der Waals surface area contributed by atoms with Gasteiger partial charge in [-0.05, 0) is 38.0 Å². The number of hydrogen-bond donors (Lipinski definition) is 3. The van der Waals surface area contributed by atoms with Crippen LogP contribution in [0.5, 0.6) is 0 Å². The molecule has 3 N–H and O–H groups in total. The van der Waals surface area contributed by atoms with Crippen LogP contribution in [0.25, 0.3) is 10.8 Å². The molecular formula is C20H23ClF2N2O4. The average molecular weight is 429 g/mol. The molecule has 1 amide bonds. The molecule has 158 valence electrons. The first-order chi connectivity index (χ1) is 13.6. The summed E-state index contributed by atoms with van der Waals surface area (Å²) in [6.07, 6.45) is 0.379. The molecule has 1 saturated carbocycles. The van der Waals surface area contributed by atoms with Gasteiger partial charge in [0, 0.05) is 36.4 Å². The fourth-order valence-electron chi connectivity index (χ4n) is 3.57. The summed E-state index contributed by atoms with van der Waals surface area (Å²) in [5.74, 6) is -3.39. The largest absolute Gasteiger partial charge is 0.394 e. The number of halogens is 3. The van der Waals surface area contributed by atoms with Crippen molar-refractivity contribution in [1.82, 2.24) is 9.88 Å². The highest BCUT2D eigenvalue weighted by molar-refractivity contribution is 6.35. The normalized spacial score (nSPS) is 19.1. The van der Waals surface area contributed by atoms with Gasteiger partial charge < -0.3 is 20.1 Å². The van der Waals surface area contributed by atoms with Crippen LogP contribution >= 0.6 is 11.6 Å². The van der Waals surface area contributed by atoms with Crippen molar-refractivity contribution in [2.24, 2.45) is 0 Å². The van der Waals surface area contributed by atoms with Gasteiger partial charge in [0.1, 0.15) is 0 Å². The van der Waals surface area contributed by atoms with E-state index in [1.165, 1.54) is 22.9 Å².